The Balaban J connectivity index is 2.00. The molecule has 1 amide bonds. The molecule has 0 spiro atoms. The van der Waals surface area contributed by atoms with Crippen molar-refractivity contribution in [2.75, 3.05) is 13.7 Å². The van der Waals surface area contributed by atoms with Gasteiger partial charge in [0, 0.05) is 6.08 Å². The molecule has 2 aromatic carbocycles. The Morgan fingerprint density at radius 3 is 2.68 bits per heavy atom. The van der Waals surface area contributed by atoms with Crippen LogP contribution in [0.25, 0.3) is 16.3 Å². The molecule has 28 heavy (non-hydrogen) atoms. The molecule has 1 heterocycles. The quantitative estimate of drug-likeness (QED) is 0.473. The number of nitrogens with zero attached hydrogens (tertiary/aromatic N) is 2. The van der Waals surface area contributed by atoms with Crippen LogP contribution in [0.1, 0.15) is 12.5 Å². The molecule has 0 aliphatic heterocycles. The highest BCUT2D eigenvalue weighted by molar-refractivity contribution is 7.16. The highest BCUT2D eigenvalue weighted by Crippen LogP contribution is 2.23. The average molecular weight is 396 g/mol. The number of thiazole rings is 1. The number of hydrogen-bond donors (Lipinski definition) is 0. The van der Waals surface area contributed by atoms with E-state index >= 15 is 0 Å². The molecular weight excluding hydrogens is 376 g/mol. The van der Waals surface area contributed by atoms with E-state index < -0.39 is 11.9 Å². The molecule has 0 unspecified atom stereocenters. The summed E-state index contributed by atoms with van der Waals surface area (Å²) >= 11 is 1.32. The summed E-state index contributed by atoms with van der Waals surface area (Å²) in [6.45, 7) is 2.44. The SMILES string of the molecule is CCOc1ccc2c(c1)sc(=NC(=O)/C=C/c1ccccc1)n2CC(=O)OC. The molecule has 7 heteroatoms. The number of hydrogen-bond acceptors (Lipinski definition) is 5. The van der Waals surface area contributed by atoms with Crippen LogP contribution in [0.15, 0.2) is 59.6 Å². The van der Waals surface area contributed by atoms with Crippen LogP contribution in [-0.2, 0) is 20.9 Å². The molecular formula is C21H20N2O4S. The van der Waals surface area contributed by atoms with E-state index in [2.05, 4.69) is 4.99 Å². The third-order valence-electron chi connectivity index (χ3n) is 3.90. The number of esters is 1. The summed E-state index contributed by atoms with van der Waals surface area (Å²) in [5.74, 6) is -0.0929. The second-order valence-electron chi connectivity index (χ2n) is 5.80. The molecule has 0 atom stereocenters. The molecule has 0 aliphatic rings. The fourth-order valence-electron chi connectivity index (χ4n) is 2.60. The Labute approximate surface area is 166 Å². The van der Waals surface area contributed by atoms with E-state index in [-0.39, 0.29) is 6.54 Å². The van der Waals surface area contributed by atoms with E-state index in [0.717, 1.165) is 21.5 Å². The molecule has 1 aromatic heterocycles. The van der Waals surface area contributed by atoms with E-state index in [1.54, 1.807) is 10.6 Å². The van der Waals surface area contributed by atoms with Gasteiger partial charge in [-0.15, -0.1) is 0 Å². The molecule has 0 saturated heterocycles. The van der Waals surface area contributed by atoms with E-state index in [4.69, 9.17) is 9.47 Å². The number of benzene rings is 2. The Bertz CT molecular complexity index is 1080. The zero-order valence-corrected chi connectivity index (χ0v) is 16.4. The normalized spacial score (nSPS) is 11.9. The van der Waals surface area contributed by atoms with Gasteiger partial charge < -0.3 is 14.0 Å². The van der Waals surface area contributed by atoms with Gasteiger partial charge in [-0.25, -0.2) is 0 Å². The first-order valence-electron chi connectivity index (χ1n) is 8.75. The molecule has 0 radical (unpaired) electrons. The maximum absolute atomic E-state index is 12.3. The number of methoxy groups -OCH3 is 1. The van der Waals surface area contributed by atoms with E-state index in [1.807, 2.05) is 55.5 Å². The third kappa shape index (κ3) is 4.75. The van der Waals surface area contributed by atoms with Gasteiger partial charge in [-0.3, -0.25) is 9.59 Å². The minimum atomic E-state index is -0.415. The molecule has 0 fully saturated rings. The minimum absolute atomic E-state index is 0.0288. The summed E-state index contributed by atoms with van der Waals surface area (Å²) in [4.78, 5) is 28.8. The Hall–Kier alpha value is -3.19. The van der Waals surface area contributed by atoms with Crippen LogP contribution in [0, 0.1) is 0 Å². The predicted octanol–water partition coefficient (Wildman–Crippen LogP) is 3.42. The van der Waals surface area contributed by atoms with E-state index in [0.29, 0.717) is 11.4 Å². The maximum Gasteiger partial charge on any atom is 0.325 e. The second kappa shape index (κ2) is 9.14. The number of rotatable bonds is 6. The van der Waals surface area contributed by atoms with Crippen molar-refractivity contribution in [2.24, 2.45) is 4.99 Å². The maximum atomic E-state index is 12.3. The summed E-state index contributed by atoms with van der Waals surface area (Å²) in [6, 6.07) is 15.1. The molecule has 0 bridgehead atoms. The standard InChI is InChI=1S/C21H20N2O4S/c1-3-27-16-10-11-17-18(13-16)28-21(23(17)14-20(25)26-2)22-19(24)12-9-15-7-5-4-6-8-15/h4-13H,3,14H2,1-2H3/b12-9+,22-21?. The topological polar surface area (TPSA) is 69.9 Å². The summed E-state index contributed by atoms with van der Waals surface area (Å²) in [6.07, 6.45) is 3.12. The van der Waals surface area contributed by atoms with Crippen molar-refractivity contribution in [3.8, 4) is 5.75 Å². The molecule has 3 aromatic rings. The summed E-state index contributed by atoms with van der Waals surface area (Å²) < 4.78 is 12.9. The van der Waals surface area contributed by atoms with E-state index in [9.17, 15) is 9.59 Å². The lowest BCUT2D eigenvalue weighted by Crippen LogP contribution is -2.22. The van der Waals surface area contributed by atoms with Crippen molar-refractivity contribution in [3.63, 3.8) is 0 Å². The molecule has 0 aliphatic carbocycles. The van der Waals surface area contributed by atoms with Gasteiger partial charge in [-0.05, 0) is 36.8 Å². The van der Waals surface area contributed by atoms with Crippen LogP contribution in [0.3, 0.4) is 0 Å². The van der Waals surface area contributed by atoms with Gasteiger partial charge >= 0.3 is 5.97 Å². The molecule has 6 nitrogen and oxygen atoms in total. The number of ether oxygens (including phenoxy) is 2. The summed E-state index contributed by atoms with van der Waals surface area (Å²) in [5.41, 5.74) is 1.70. The number of carbonyl (C=O) groups is 2. The van der Waals surface area contributed by atoms with Crippen molar-refractivity contribution < 1.29 is 19.1 Å². The largest absolute Gasteiger partial charge is 0.494 e. The molecule has 144 valence electrons. The van der Waals surface area contributed by atoms with Gasteiger partial charge in [-0.1, -0.05) is 41.7 Å². The predicted molar refractivity (Wildman–Crippen MR) is 109 cm³/mol. The van der Waals surface area contributed by atoms with Crippen molar-refractivity contribution in [2.45, 2.75) is 13.5 Å². The van der Waals surface area contributed by atoms with Crippen molar-refractivity contribution in [1.82, 2.24) is 4.57 Å². The first-order chi connectivity index (χ1) is 13.6. The first kappa shape index (κ1) is 19.6. The first-order valence-corrected chi connectivity index (χ1v) is 9.57. The second-order valence-corrected chi connectivity index (χ2v) is 6.81. The average Bonchev–Trinajstić information content (AvgIpc) is 3.03. The summed E-state index contributed by atoms with van der Waals surface area (Å²) in [7, 11) is 1.33. The number of aromatic nitrogens is 1. The van der Waals surface area contributed by atoms with Gasteiger partial charge in [0.1, 0.15) is 12.3 Å². The van der Waals surface area contributed by atoms with Crippen molar-refractivity contribution in [3.05, 3.63) is 65.0 Å². The number of fused-ring (bicyclic) bond motifs is 1. The Morgan fingerprint density at radius 2 is 1.96 bits per heavy atom. The smallest absolute Gasteiger partial charge is 0.325 e. The van der Waals surface area contributed by atoms with Crippen LogP contribution in [-0.4, -0.2) is 30.2 Å². The van der Waals surface area contributed by atoms with Crippen LogP contribution in [0.5, 0.6) is 5.75 Å². The monoisotopic (exact) mass is 396 g/mol. The van der Waals surface area contributed by atoms with Gasteiger partial charge in [0.2, 0.25) is 0 Å². The third-order valence-corrected chi connectivity index (χ3v) is 4.95. The number of carbonyl (C=O) groups excluding carboxylic acids is 2. The molecule has 0 saturated carbocycles. The fourth-order valence-corrected chi connectivity index (χ4v) is 3.67. The van der Waals surface area contributed by atoms with Gasteiger partial charge in [-0.2, -0.15) is 4.99 Å². The van der Waals surface area contributed by atoms with Crippen LogP contribution in [0.2, 0.25) is 0 Å². The number of amides is 1. The van der Waals surface area contributed by atoms with Gasteiger partial charge in [0.15, 0.2) is 4.80 Å². The summed E-state index contributed by atoms with van der Waals surface area (Å²) in [5, 5.41) is 0. The van der Waals surface area contributed by atoms with E-state index in [1.165, 1.54) is 24.5 Å². The highest BCUT2D eigenvalue weighted by atomic mass is 32.1. The van der Waals surface area contributed by atoms with Crippen LogP contribution >= 0.6 is 11.3 Å². The highest BCUT2D eigenvalue weighted by Gasteiger charge is 2.12. The van der Waals surface area contributed by atoms with Crippen molar-refractivity contribution in [1.29, 1.82) is 0 Å². The lowest BCUT2D eigenvalue weighted by molar-refractivity contribution is -0.141. The van der Waals surface area contributed by atoms with Gasteiger partial charge in [0.25, 0.3) is 5.91 Å². The minimum Gasteiger partial charge on any atom is -0.494 e. The van der Waals surface area contributed by atoms with Crippen LogP contribution in [0.4, 0.5) is 0 Å². The van der Waals surface area contributed by atoms with Gasteiger partial charge in [0.05, 0.1) is 23.9 Å². The lowest BCUT2D eigenvalue weighted by atomic mass is 10.2. The Kier molecular flexibility index (Phi) is 6.39. The zero-order chi connectivity index (χ0) is 19.9. The molecule has 3 rings (SSSR count). The fraction of sp³-hybridized carbons (Fsp3) is 0.190. The van der Waals surface area contributed by atoms with Crippen LogP contribution < -0.4 is 9.54 Å². The lowest BCUT2D eigenvalue weighted by Gasteiger charge is -2.05. The Morgan fingerprint density at radius 1 is 1.18 bits per heavy atom. The van der Waals surface area contributed by atoms with Crippen molar-refractivity contribution >= 4 is 39.5 Å². The molecule has 0 N–H and O–H groups in total. The zero-order valence-electron chi connectivity index (χ0n) is 15.6.